The molecule has 0 aromatic heterocycles. The number of hydrogen-bond acceptors (Lipinski definition) is 0. The van der Waals surface area contributed by atoms with Gasteiger partial charge in [0.05, 0.1) is 0 Å². The quantitative estimate of drug-likeness (QED) is 0.440. The standard InChI is InChI=1S/B.Cr.Ni.HSe/h;;;1H. The van der Waals surface area contributed by atoms with Gasteiger partial charge in [0.2, 0.25) is 0 Å². The molecule has 0 nitrogen and oxygen atoms in total. The average Bonchev–Trinajstić information content (AvgIpc) is 0. The van der Waals surface area contributed by atoms with Crippen molar-refractivity contribution in [2.75, 3.05) is 0 Å². The predicted octanol–water partition coefficient (Wildman–Crippen LogP) is -1.03. The fourth-order valence-electron chi connectivity index (χ4n) is 0. The average molecular weight is 201 g/mol. The van der Waals surface area contributed by atoms with Gasteiger partial charge in [0, 0.05) is 42.3 Å². The van der Waals surface area contributed by atoms with Crippen molar-refractivity contribution < 1.29 is 33.9 Å². The van der Waals surface area contributed by atoms with Gasteiger partial charge in [-0.1, -0.05) is 0 Å². The van der Waals surface area contributed by atoms with Crippen LogP contribution in [0.25, 0.3) is 0 Å². The van der Waals surface area contributed by atoms with E-state index in [-0.39, 0.29) is 59.3 Å². The Kier molecular flexibility index (Phi) is 266. The Morgan fingerprint density at radius 3 is 1.00 bits per heavy atom. The molecule has 0 saturated heterocycles. The van der Waals surface area contributed by atoms with E-state index >= 15 is 0 Å². The molecule has 0 N–H and O–H groups in total. The Morgan fingerprint density at radius 1 is 1.00 bits per heavy atom. The molecule has 4 radical (unpaired) electrons. The van der Waals surface area contributed by atoms with Crippen molar-refractivity contribution in [2.45, 2.75) is 0 Å². The van der Waals surface area contributed by atoms with Crippen molar-refractivity contribution in [2.24, 2.45) is 0 Å². The third kappa shape index (κ3) is 9.49. The monoisotopic (exact) mass is 202 g/mol. The first-order chi connectivity index (χ1) is 0. The molecule has 0 rings (SSSR count). The van der Waals surface area contributed by atoms with Crippen LogP contribution in [0.5, 0.6) is 0 Å². The van der Waals surface area contributed by atoms with Gasteiger partial charge in [-0.05, 0) is 0 Å². The minimum atomic E-state index is 0. The van der Waals surface area contributed by atoms with Crippen LogP contribution in [0.4, 0.5) is 0 Å². The zero-order valence-electron chi connectivity index (χ0n) is 1.75. The van der Waals surface area contributed by atoms with Gasteiger partial charge in [-0.2, -0.15) is 0 Å². The van der Waals surface area contributed by atoms with E-state index in [1.807, 2.05) is 0 Å². The van der Waals surface area contributed by atoms with Crippen LogP contribution in [0.15, 0.2) is 0 Å². The van der Waals surface area contributed by atoms with Crippen LogP contribution >= 0.6 is 0 Å². The maximum absolute atomic E-state index is 0. The summed E-state index contributed by atoms with van der Waals surface area (Å²) in [5.74, 6) is 0. The van der Waals surface area contributed by atoms with E-state index in [2.05, 4.69) is 0 Å². The molecule has 0 saturated carbocycles. The molecular weight excluding hydrogens is 200 g/mol. The molecule has 0 fully saturated rings. The van der Waals surface area contributed by atoms with Crippen LogP contribution in [0.3, 0.4) is 0 Å². The number of rotatable bonds is 0. The van der Waals surface area contributed by atoms with E-state index in [0.717, 1.165) is 0 Å². The SMILES string of the molecule is [B].[Cr].[Ni].[SeH]. The second-order valence-electron chi connectivity index (χ2n) is 0. The van der Waals surface area contributed by atoms with Crippen LogP contribution in [0, 0.1) is 0 Å². The molecule has 0 aliphatic heterocycles. The van der Waals surface area contributed by atoms with E-state index in [9.17, 15) is 0 Å². The molecule has 0 aromatic carbocycles. The van der Waals surface area contributed by atoms with Crippen molar-refractivity contribution in [3.05, 3.63) is 0 Å². The second kappa shape index (κ2) is 23.2. The normalized spacial score (nSPS) is 0. The summed E-state index contributed by atoms with van der Waals surface area (Å²) >= 11 is 0. The molecule has 0 aliphatic carbocycles. The van der Waals surface area contributed by atoms with Crippen molar-refractivity contribution in [3.8, 4) is 0 Å². The topological polar surface area (TPSA) is 0 Å². The van der Waals surface area contributed by atoms with Gasteiger partial charge in [-0.25, -0.2) is 0 Å². The van der Waals surface area contributed by atoms with Crippen LogP contribution < -0.4 is 0 Å². The second-order valence-corrected chi connectivity index (χ2v) is 0. The summed E-state index contributed by atoms with van der Waals surface area (Å²) in [4.78, 5) is 0. The first kappa shape index (κ1) is 46.0. The van der Waals surface area contributed by atoms with Gasteiger partial charge in [0.25, 0.3) is 0 Å². The first-order valence-electron chi connectivity index (χ1n) is 0. The fraction of sp³-hybridized carbons (Fsp3) is 0. The molecule has 0 aliphatic rings. The summed E-state index contributed by atoms with van der Waals surface area (Å²) in [5.41, 5.74) is 0. The molecule has 0 aromatic rings. The molecule has 0 spiro atoms. The molecule has 4 heteroatoms. The van der Waals surface area contributed by atoms with Gasteiger partial charge in [0.1, 0.15) is 0 Å². The summed E-state index contributed by atoms with van der Waals surface area (Å²) in [5, 5.41) is 0. The Balaban J connectivity index is 0. The van der Waals surface area contributed by atoms with Gasteiger partial charge in [0.15, 0.2) is 0 Å². The Bertz CT molecular complexity index is 8.00. The molecule has 0 bridgehead atoms. The Morgan fingerprint density at radius 2 is 1.00 bits per heavy atom. The van der Waals surface area contributed by atoms with E-state index < -0.39 is 0 Å². The molecule has 0 heterocycles. The minimum absolute atomic E-state index is 0. The fourth-order valence-corrected chi connectivity index (χ4v) is 0. The first-order valence-corrected chi connectivity index (χ1v) is 0. The summed E-state index contributed by atoms with van der Waals surface area (Å²) in [6.45, 7) is 0. The van der Waals surface area contributed by atoms with Gasteiger partial charge in [-0.3, -0.25) is 0 Å². The molecule has 0 unspecified atom stereocenters. The van der Waals surface area contributed by atoms with Gasteiger partial charge < -0.3 is 0 Å². The van der Waals surface area contributed by atoms with Crippen molar-refractivity contribution in [3.63, 3.8) is 0 Å². The van der Waals surface area contributed by atoms with E-state index in [4.69, 9.17) is 0 Å². The zero-order valence-corrected chi connectivity index (χ0v) is 5.89. The van der Waals surface area contributed by atoms with Gasteiger partial charge in [-0.15, -0.1) is 0 Å². The summed E-state index contributed by atoms with van der Waals surface area (Å²) in [6.07, 6.45) is 0. The predicted molar refractivity (Wildman–Crippen MR) is 12.9 cm³/mol. The molecule has 0 amide bonds. The van der Waals surface area contributed by atoms with Crippen LogP contribution in [-0.4, -0.2) is 25.5 Å². The summed E-state index contributed by atoms with van der Waals surface area (Å²) in [6, 6.07) is 0. The van der Waals surface area contributed by atoms with Crippen molar-refractivity contribution >= 4 is 25.5 Å². The van der Waals surface area contributed by atoms with Crippen LogP contribution in [0.2, 0.25) is 0 Å². The number of hydrogen-bond donors (Lipinski definition) is 0. The summed E-state index contributed by atoms with van der Waals surface area (Å²) < 4.78 is 0. The summed E-state index contributed by atoms with van der Waals surface area (Å²) in [7, 11) is 0. The van der Waals surface area contributed by atoms with Crippen LogP contribution in [-0.2, 0) is 33.9 Å². The van der Waals surface area contributed by atoms with Crippen LogP contribution in [0.1, 0.15) is 0 Å². The Labute approximate surface area is 59.2 Å². The third-order valence-electron chi connectivity index (χ3n) is 0. The van der Waals surface area contributed by atoms with Gasteiger partial charge >= 0.3 is 17.1 Å². The van der Waals surface area contributed by atoms with E-state index in [1.165, 1.54) is 0 Å². The van der Waals surface area contributed by atoms with E-state index in [0.29, 0.717) is 0 Å². The molecule has 0 atom stereocenters. The third-order valence-corrected chi connectivity index (χ3v) is 0. The Hall–Kier alpha value is 1.61. The van der Waals surface area contributed by atoms with Crippen molar-refractivity contribution in [1.82, 2.24) is 0 Å². The maximum atomic E-state index is 0. The van der Waals surface area contributed by atoms with Crippen molar-refractivity contribution in [1.29, 1.82) is 0 Å². The molecular formula is HBCrNiSe. The molecule has 4 heavy (non-hydrogen) atoms. The molecule has 26 valence electrons. The van der Waals surface area contributed by atoms with E-state index in [1.54, 1.807) is 0 Å². The zero-order chi connectivity index (χ0) is 0.